The number of carbonyl (C=O) groups is 2. The number of hydrogen-bond acceptors (Lipinski definition) is 5. The molecule has 0 spiro atoms. The maximum atomic E-state index is 13.9. The van der Waals surface area contributed by atoms with Gasteiger partial charge in [0.25, 0.3) is 10.0 Å². The largest absolute Gasteiger partial charge is 0.497 e. The maximum absolute atomic E-state index is 13.9. The molecule has 0 bridgehead atoms. The molecule has 3 rings (SSSR count). The number of rotatable bonds is 12. The van der Waals surface area contributed by atoms with Crippen LogP contribution >= 0.6 is 15.9 Å². The molecule has 10 heteroatoms. The van der Waals surface area contributed by atoms with E-state index in [1.165, 1.54) is 24.1 Å². The summed E-state index contributed by atoms with van der Waals surface area (Å²) in [6.45, 7) is 5.69. The number of sulfonamides is 1. The third-order valence-corrected chi connectivity index (χ3v) is 8.35. The first-order chi connectivity index (χ1) is 18.5. The molecule has 0 heterocycles. The lowest BCUT2D eigenvalue weighted by molar-refractivity contribution is -0.139. The van der Waals surface area contributed by atoms with Crippen LogP contribution in [0.25, 0.3) is 0 Å². The van der Waals surface area contributed by atoms with Gasteiger partial charge in [0.15, 0.2) is 0 Å². The summed E-state index contributed by atoms with van der Waals surface area (Å²) in [7, 11) is -2.60. The molecule has 0 fully saturated rings. The van der Waals surface area contributed by atoms with E-state index in [-0.39, 0.29) is 23.3 Å². The van der Waals surface area contributed by atoms with Crippen LogP contribution in [-0.2, 0) is 26.2 Å². The van der Waals surface area contributed by atoms with E-state index in [0.29, 0.717) is 18.0 Å². The number of anilines is 1. The van der Waals surface area contributed by atoms with E-state index in [9.17, 15) is 18.0 Å². The average molecular weight is 617 g/mol. The molecule has 0 aliphatic carbocycles. The van der Waals surface area contributed by atoms with Crippen molar-refractivity contribution >= 4 is 43.5 Å². The van der Waals surface area contributed by atoms with Gasteiger partial charge in [-0.2, -0.15) is 0 Å². The lowest BCUT2D eigenvalue weighted by Crippen LogP contribution is -2.51. The van der Waals surface area contributed by atoms with Crippen LogP contribution in [0.3, 0.4) is 0 Å². The fraction of sp³-hybridized carbons (Fsp3) is 0.310. The minimum absolute atomic E-state index is 0.0508. The number of carbonyl (C=O) groups excluding carboxylic acids is 2. The van der Waals surface area contributed by atoms with Gasteiger partial charge in [0, 0.05) is 17.6 Å². The van der Waals surface area contributed by atoms with Gasteiger partial charge in [-0.15, -0.1) is 0 Å². The highest BCUT2D eigenvalue weighted by Crippen LogP contribution is 2.26. The zero-order valence-electron chi connectivity index (χ0n) is 22.5. The predicted octanol–water partition coefficient (Wildman–Crippen LogP) is 4.84. The molecule has 3 aromatic rings. The topological polar surface area (TPSA) is 96.0 Å². The number of hydrogen-bond donors (Lipinski definition) is 1. The Morgan fingerprint density at radius 1 is 0.949 bits per heavy atom. The lowest BCUT2D eigenvalue weighted by atomic mass is 10.1. The Labute approximate surface area is 239 Å². The van der Waals surface area contributed by atoms with Crippen molar-refractivity contribution in [3.63, 3.8) is 0 Å². The number of ether oxygens (including phenoxy) is 1. The maximum Gasteiger partial charge on any atom is 0.264 e. The van der Waals surface area contributed by atoms with Gasteiger partial charge in [0.1, 0.15) is 18.3 Å². The SMILES string of the molecule is COc1ccc(N(CC(=O)N(Cc2cccc(Br)c2)C(C)C(=O)NCC(C)C)S(=O)(=O)c2ccccc2)cc1. The first-order valence-corrected chi connectivity index (χ1v) is 14.8. The molecular formula is C29H34BrN3O5S. The molecule has 0 aromatic heterocycles. The summed E-state index contributed by atoms with van der Waals surface area (Å²) in [5, 5.41) is 2.88. The van der Waals surface area contributed by atoms with Gasteiger partial charge in [-0.1, -0.05) is 60.1 Å². The van der Waals surface area contributed by atoms with Crippen molar-refractivity contribution in [2.75, 3.05) is 24.5 Å². The molecule has 0 saturated carbocycles. The fourth-order valence-electron chi connectivity index (χ4n) is 3.86. The van der Waals surface area contributed by atoms with E-state index >= 15 is 0 Å². The second-order valence-electron chi connectivity index (χ2n) is 9.49. The van der Waals surface area contributed by atoms with Crippen LogP contribution < -0.4 is 14.4 Å². The normalized spacial score (nSPS) is 12.1. The molecule has 1 unspecified atom stereocenters. The molecular weight excluding hydrogens is 582 g/mol. The smallest absolute Gasteiger partial charge is 0.264 e. The Kier molecular flexibility index (Phi) is 10.5. The van der Waals surface area contributed by atoms with Crippen molar-refractivity contribution in [1.82, 2.24) is 10.2 Å². The number of benzene rings is 3. The van der Waals surface area contributed by atoms with Crippen LogP contribution in [0.5, 0.6) is 5.75 Å². The number of halogens is 1. The summed E-state index contributed by atoms with van der Waals surface area (Å²) >= 11 is 3.45. The summed E-state index contributed by atoms with van der Waals surface area (Å²) in [6, 6.07) is 21.0. The summed E-state index contributed by atoms with van der Waals surface area (Å²) in [6.07, 6.45) is 0. The molecule has 208 valence electrons. The summed E-state index contributed by atoms with van der Waals surface area (Å²) < 4.78 is 34.7. The summed E-state index contributed by atoms with van der Waals surface area (Å²) in [5.41, 5.74) is 1.09. The molecule has 0 saturated heterocycles. The van der Waals surface area contributed by atoms with Gasteiger partial charge < -0.3 is 15.0 Å². The molecule has 8 nitrogen and oxygen atoms in total. The quantitative estimate of drug-likeness (QED) is 0.314. The van der Waals surface area contributed by atoms with Gasteiger partial charge in [0.2, 0.25) is 11.8 Å². The highest BCUT2D eigenvalue weighted by molar-refractivity contribution is 9.10. The highest BCUT2D eigenvalue weighted by atomic mass is 79.9. The molecule has 0 radical (unpaired) electrons. The lowest BCUT2D eigenvalue weighted by Gasteiger charge is -2.32. The van der Waals surface area contributed by atoms with Crippen LogP contribution in [0.15, 0.2) is 88.2 Å². The van der Waals surface area contributed by atoms with Crippen LogP contribution in [-0.4, -0.2) is 51.4 Å². The van der Waals surface area contributed by atoms with Crippen molar-refractivity contribution in [3.05, 3.63) is 88.9 Å². The Bertz CT molecular complexity index is 1370. The van der Waals surface area contributed by atoms with Crippen LogP contribution in [0.1, 0.15) is 26.3 Å². The molecule has 0 aliphatic heterocycles. The van der Waals surface area contributed by atoms with E-state index < -0.39 is 28.5 Å². The van der Waals surface area contributed by atoms with Gasteiger partial charge >= 0.3 is 0 Å². The fourth-order valence-corrected chi connectivity index (χ4v) is 5.75. The Morgan fingerprint density at radius 2 is 1.62 bits per heavy atom. The number of methoxy groups -OCH3 is 1. The zero-order valence-corrected chi connectivity index (χ0v) is 24.9. The first kappa shape index (κ1) is 30.2. The highest BCUT2D eigenvalue weighted by Gasteiger charge is 2.32. The third-order valence-electron chi connectivity index (χ3n) is 6.06. The zero-order chi connectivity index (χ0) is 28.6. The summed E-state index contributed by atoms with van der Waals surface area (Å²) in [5.74, 6) is -0.0442. The standard InChI is InChI=1S/C29H34BrN3O5S/c1-21(2)18-31-29(35)22(3)32(19-23-9-8-10-24(30)17-23)28(34)20-33(25-13-15-26(38-4)16-14-25)39(36,37)27-11-6-5-7-12-27/h5-17,21-22H,18-20H2,1-4H3,(H,31,35). The molecule has 2 amide bonds. The minimum Gasteiger partial charge on any atom is -0.497 e. The Hall–Kier alpha value is -3.37. The first-order valence-electron chi connectivity index (χ1n) is 12.6. The number of nitrogens with zero attached hydrogens (tertiary/aromatic N) is 2. The van der Waals surface area contributed by atoms with Crippen molar-refractivity contribution in [2.45, 2.75) is 38.3 Å². The predicted molar refractivity (Wildman–Crippen MR) is 156 cm³/mol. The molecule has 1 atom stereocenters. The monoisotopic (exact) mass is 615 g/mol. The van der Waals surface area contributed by atoms with Gasteiger partial charge in [-0.05, 0) is 66.9 Å². The summed E-state index contributed by atoms with van der Waals surface area (Å²) in [4.78, 5) is 28.4. The average Bonchev–Trinajstić information content (AvgIpc) is 2.93. The molecule has 3 aromatic carbocycles. The van der Waals surface area contributed by atoms with Gasteiger partial charge in [-0.3, -0.25) is 13.9 Å². The molecule has 1 N–H and O–H groups in total. The minimum atomic E-state index is -4.11. The van der Waals surface area contributed by atoms with Crippen LogP contribution in [0.2, 0.25) is 0 Å². The van der Waals surface area contributed by atoms with Crippen molar-refractivity contribution in [1.29, 1.82) is 0 Å². The van der Waals surface area contributed by atoms with Crippen molar-refractivity contribution in [3.8, 4) is 5.75 Å². The van der Waals surface area contributed by atoms with E-state index in [1.54, 1.807) is 49.4 Å². The van der Waals surface area contributed by atoms with Gasteiger partial charge in [-0.25, -0.2) is 8.42 Å². The van der Waals surface area contributed by atoms with Crippen molar-refractivity contribution < 1.29 is 22.7 Å². The molecule has 0 aliphatic rings. The van der Waals surface area contributed by atoms with E-state index in [1.807, 2.05) is 38.1 Å². The van der Waals surface area contributed by atoms with E-state index in [0.717, 1.165) is 14.3 Å². The van der Waals surface area contributed by atoms with E-state index in [2.05, 4.69) is 21.2 Å². The van der Waals surface area contributed by atoms with Crippen molar-refractivity contribution in [2.24, 2.45) is 5.92 Å². The second-order valence-corrected chi connectivity index (χ2v) is 12.3. The third kappa shape index (κ3) is 8.06. The van der Waals surface area contributed by atoms with E-state index in [4.69, 9.17) is 4.74 Å². The van der Waals surface area contributed by atoms with Crippen LogP contribution in [0.4, 0.5) is 5.69 Å². The second kappa shape index (κ2) is 13.6. The van der Waals surface area contributed by atoms with Crippen LogP contribution in [0, 0.1) is 5.92 Å². The Morgan fingerprint density at radius 3 is 2.21 bits per heavy atom. The number of amides is 2. The molecule has 39 heavy (non-hydrogen) atoms. The van der Waals surface area contributed by atoms with Gasteiger partial charge in [0.05, 0.1) is 17.7 Å². The number of nitrogens with one attached hydrogen (secondary N) is 1. The Balaban J connectivity index is 2.00.